The lowest BCUT2D eigenvalue weighted by molar-refractivity contribution is 0.0948. The lowest BCUT2D eigenvalue weighted by atomic mass is 10.0. The predicted molar refractivity (Wildman–Crippen MR) is 138 cm³/mol. The molecule has 1 heterocycles. The molecule has 0 saturated carbocycles. The topological polar surface area (TPSA) is 101 Å². The van der Waals surface area contributed by atoms with Gasteiger partial charge in [-0.25, -0.2) is 4.98 Å². The van der Waals surface area contributed by atoms with Crippen molar-refractivity contribution in [1.82, 2.24) is 10.3 Å². The number of oxazole rings is 1. The van der Waals surface area contributed by atoms with E-state index in [-0.39, 0.29) is 17.4 Å². The summed E-state index contributed by atoms with van der Waals surface area (Å²) >= 11 is 0. The van der Waals surface area contributed by atoms with Crippen LogP contribution in [0.1, 0.15) is 125 Å². The molecule has 6 nitrogen and oxygen atoms in total. The van der Waals surface area contributed by atoms with Crippen LogP contribution in [0.15, 0.2) is 34.9 Å². The van der Waals surface area contributed by atoms with Crippen molar-refractivity contribution in [1.29, 1.82) is 0 Å². The van der Waals surface area contributed by atoms with E-state index in [0.29, 0.717) is 18.9 Å². The Balaban J connectivity index is 1.47. The van der Waals surface area contributed by atoms with Gasteiger partial charge in [-0.05, 0) is 30.5 Å². The molecule has 1 aromatic carbocycles. The molecule has 0 aliphatic heterocycles. The van der Waals surface area contributed by atoms with E-state index >= 15 is 0 Å². The molecule has 2 rings (SSSR count). The number of nitrogens with one attached hydrogen (secondary N) is 1. The quantitative estimate of drug-likeness (QED) is 0.195. The van der Waals surface area contributed by atoms with Crippen LogP contribution in [0, 0.1) is 0 Å². The standard InChI is InChI=1S/C28H45N3O3/c1-2-3-4-5-6-7-8-9-10-11-12-13-14-15-20-30-27(33)26-22-34-28(31-26)25(29)21-23-16-18-24(32)19-17-23/h16-19,22,25,32H,2-15,20-21,29H2,1H3,(H,30,33). The van der Waals surface area contributed by atoms with Crippen molar-refractivity contribution in [3.63, 3.8) is 0 Å². The first-order chi connectivity index (χ1) is 16.6. The van der Waals surface area contributed by atoms with E-state index in [0.717, 1.165) is 18.4 Å². The first-order valence-corrected chi connectivity index (χ1v) is 13.4. The number of rotatable bonds is 19. The Hall–Kier alpha value is -2.34. The van der Waals surface area contributed by atoms with Crippen LogP contribution < -0.4 is 11.1 Å². The Morgan fingerprint density at radius 3 is 2.00 bits per heavy atom. The summed E-state index contributed by atoms with van der Waals surface area (Å²) in [6.45, 7) is 2.92. The van der Waals surface area contributed by atoms with Gasteiger partial charge in [-0.2, -0.15) is 0 Å². The highest BCUT2D eigenvalue weighted by atomic mass is 16.3. The van der Waals surface area contributed by atoms with Crippen molar-refractivity contribution in [2.45, 2.75) is 109 Å². The van der Waals surface area contributed by atoms with E-state index in [4.69, 9.17) is 10.2 Å². The number of aromatic nitrogens is 1. The maximum Gasteiger partial charge on any atom is 0.273 e. The van der Waals surface area contributed by atoms with Crippen molar-refractivity contribution in [2.24, 2.45) is 5.73 Å². The fourth-order valence-electron chi connectivity index (χ4n) is 4.15. The van der Waals surface area contributed by atoms with Gasteiger partial charge in [-0.3, -0.25) is 4.79 Å². The minimum atomic E-state index is -0.447. The number of carbonyl (C=O) groups excluding carboxylic acids is 1. The van der Waals surface area contributed by atoms with E-state index in [1.165, 1.54) is 83.3 Å². The van der Waals surface area contributed by atoms with Crippen LogP contribution >= 0.6 is 0 Å². The highest BCUT2D eigenvalue weighted by Crippen LogP contribution is 2.18. The lowest BCUT2D eigenvalue weighted by Crippen LogP contribution is -2.25. The summed E-state index contributed by atoms with van der Waals surface area (Å²) < 4.78 is 5.43. The number of phenolic OH excluding ortho intramolecular Hbond substituents is 1. The molecule has 1 unspecified atom stereocenters. The van der Waals surface area contributed by atoms with Crippen molar-refractivity contribution < 1.29 is 14.3 Å². The third-order valence-electron chi connectivity index (χ3n) is 6.28. The van der Waals surface area contributed by atoms with Crippen LogP contribution in [0.5, 0.6) is 5.75 Å². The van der Waals surface area contributed by atoms with Crippen LogP contribution in [0.4, 0.5) is 0 Å². The molecule has 2 aromatic rings. The Labute approximate surface area is 205 Å². The van der Waals surface area contributed by atoms with Gasteiger partial charge >= 0.3 is 0 Å². The molecule has 1 amide bonds. The summed E-state index contributed by atoms with van der Waals surface area (Å²) in [5, 5.41) is 12.3. The molecular formula is C28H45N3O3. The first kappa shape index (κ1) is 27.9. The number of hydrogen-bond donors (Lipinski definition) is 3. The number of nitrogens with two attached hydrogens (primary N) is 1. The van der Waals surface area contributed by atoms with Crippen molar-refractivity contribution in [3.05, 3.63) is 47.7 Å². The first-order valence-electron chi connectivity index (χ1n) is 13.4. The van der Waals surface area contributed by atoms with Gasteiger partial charge in [0.25, 0.3) is 5.91 Å². The lowest BCUT2D eigenvalue weighted by Gasteiger charge is -2.07. The van der Waals surface area contributed by atoms with E-state index < -0.39 is 6.04 Å². The zero-order chi connectivity index (χ0) is 24.4. The third-order valence-corrected chi connectivity index (χ3v) is 6.28. The average molecular weight is 472 g/mol. The van der Waals surface area contributed by atoms with Gasteiger partial charge in [0.1, 0.15) is 12.0 Å². The van der Waals surface area contributed by atoms with Crippen LogP contribution in [0.2, 0.25) is 0 Å². The minimum Gasteiger partial charge on any atom is -0.508 e. The van der Waals surface area contributed by atoms with Gasteiger partial charge in [-0.15, -0.1) is 0 Å². The van der Waals surface area contributed by atoms with E-state index in [9.17, 15) is 9.90 Å². The second kappa shape index (κ2) is 17.1. The highest BCUT2D eigenvalue weighted by molar-refractivity contribution is 5.91. The maximum atomic E-state index is 12.3. The molecule has 4 N–H and O–H groups in total. The fraction of sp³-hybridized carbons (Fsp3) is 0.643. The predicted octanol–water partition coefficient (Wildman–Crippen LogP) is 6.83. The third kappa shape index (κ3) is 11.7. The van der Waals surface area contributed by atoms with Crippen molar-refractivity contribution in [3.8, 4) is 5.75 Å². The molecule has 1 aromatic heterocycles. The molecule has 0 aliphatic rings. The largest absolute Gasteiger partial charge is 0.508 e. The van der Waals surface area contributed by atoms with Gasteiger partial charge in [-0.1, -0.05) is 103 Å². The van der Waals surface area contributed by atoms with Crippen molar-refractivity contribution >= 4 is 5.91 Å². The molecule has 0 fully saturated rings. The van der Waals surface area contributed by atoms with Gasteiger partial charge in [0.2, 0.25) is 5.89 Å². The number of amides is 1. The molecule has 0 spiro atoms. The van der Waals surface area contributed by atoms with Crippen LogP contribution in [-0.4, -0.2) is 22.5 Å². The van der Waals surface area contributed by atoms with Gasteiger partial charge in [0.05, 0.1) is 6.04 Å². The normalized spacial score (nSPS) is 12.1. The average Bonchev–Trinajstić information content (AvgIpc) is 3.34. The molecule has 0 aliphatic carbocycles. The molecule has 1 atom stereocenters. The van der Waals surface area contributed by atoms with Crippen LogP contribution in [0.25, 0.3) is 0 Å². The number of carbonyl (C=O) groups is 1. The second-order valence-electron chi connectivity index (χ2n) is 9.40. The molecule has 6 heteroatoms. The Bertz CT molecular complexity index is 788. The zero-order valence-corrected chi connectivity index (χ0v) is 21.1. The van der Waals surface area contributed by atoms with E-state index in [1.807, 2.05) is 12.1 Å². The minimum absolute atomic E-state index is 0.214. The summed E-state index contributed by atoms with van der Waals surface area (Å²) in [7, 11) is 0. The number of benzene rings is 1. The molecule has 0 bridgehead atoms. The molecule has 34 heavy (non-hydrogen) atoms. The summed E-state index contributed by atoms with van der Waals surface area (Å²) in [6.07, 6.45) is 20.3. The summed E-state index contributed by atoms with van der Waals surface area (Å²) in [4.78, 5) is 16.6. The highest BCUT2D eigenvalue weighted by Gasteiger charge is 2.17. The monoisotopic (exact) mass is 471 g/mol. The fourth-order valence-corrected chi connectivity index (χ4v) is 4.15. The molecule has 0 radical (unpaired) electrons. The Kier molecular flexibility index (Phi) is 14.1. The maximum absolute atomic E-state index is 12.3. The van der Waals surface area contributed by atoms with E-state index in [1.54, 1.807) is 12.1 Å². The zero-order valence-electron chi connectivity index (χ0n) is 21.1. The SMILES string of the molecule is CCCCCCCCCCCCCCCCNC(=O)c1coc(C(N)Cc2ccc(O)cc2)n1. The van der Waals surface area contributed by atoms with Gasteiger partial charge in [0.15, 0.2) is 5.69 Å². The van der Waals surface area contributed by atoms with Gasteiger partial charge in [0, 0.05) is 6.54 Å². The Morgan fingerprint density at radius 2 is 1.44 bits per heavy atom. The smallest absolute Gasteiger partial charge is 0.273 e. The van der Waals surface area contributed by atoms with Crippen LogP contribution in [-0.2, 0) is 6.42 Å². The molecule has 0 saturated heterocycles. The number of phenols is 1. The summed E-state index contributed by atoms with van der Waals surface area (Å²) in [5.41, 5.74) is 7.39. The number of hydrogen-bond acceptors (Lipinski definition) is 5. The number of aromatic hydroxyl groups is 1. The van der Waals surface area contributed by atoms with Crippen molar-refractivity contribution in [2.75, 3.05) is 6.54 Å². The molecular weight excluding hydrogens is 426 g/mol. The summed E-state index contributed by atoms with van der Waals surface area (Å²) in [6, 6.07) is 6.41. The Morgan fingerprint density at radius 1 is 0.912 bits per heavy atom. The molecule has 190 valence electrons. The van der Waals surface area contributed by atoms with Gasteiger partial charge < -0.3 is 20.6 Å². The summed E-state index contributed by atoms with van der Waals surface area (Å²) in [5.74, 6) is 0.336. The van der Waals surface area contributed by atoms with E-state index in [2.05, 4.69) is 17.2 Å². The second-order valence-corrected chi connectivity index (χ2v) is 9.40. The van der Waals surface area contributed by atoms with Crippen LogP contribution in [0.3, 0.4) is 0 Å². The number of nitrogens with zero attached hydrogens (tertiary/aromatic N) is 1. The number of unbranched alkanes of at least 4 members (excludes halogenated alkanes) is 13.